The highest BCUT2D eigenvalue weighted by atomic mass is 32.1. The summed E-state index contributed by atoms with van der Waals surface area (Å²) in [6.45, 7) is 1.94. The van der Waals surface area contributed by atoms with Gasteiger partial charge in [0.1, 0.15) is 15.8 Å². The Morgan fingerprint density at radius 3 is 2.69 bits per heavy atom. The van der Waals surface area contributed by atoms with Crippen LogP contribution in [0.5, 0.6) is 0 Å². The predicted molar refractivity (Wildman–Crippen MR) is 104 cm³/mol. The number of carbonyl (C=O) groups is 1. The zero-order chi connectivity index (χ0) is 18.1. The summed E-state index contributed by atoms with van der Waals surface area (Å²) in [7, 11) is 0. The maximum absolute atomic E-state index is 12.5. The van der Waals surface area contributed by atoms with Gasteiger partial charge in [0.2, 0.25) is 5.91 Å². The van der Waals surface area contributed by atoms with Crippen molar-refractivity contribution in [2.75, 3.05) is 5.32 Å². The van der Waals surface area contributed by atoms with Crippen molar-refractivity contribution >= 4 is 33.8 Å². The van der Waals surface area contributed by atoms with E-state index in [1.807, 2.05) is 25.1 Å². The van der Waals surface area contributed by atoms with E-state index in [1.54, 1.807) is 17.5 Å². The molecule has 3 N–H and O–H groups in total. The number of benzene rings is 1. The van der Waals surface area contributed by atoms with Gasteiger partial charge in [0.15, 0.2) is 0 Å². The molecule has 0 radical (unpaired) electrons. The molecule has 1 fully saturated rings. The molecule has 134 valence electrons. The average Bonchev–Trinajstić information content (AvgIpc) is 3.08. The van der Waals surface area contributed by atoms with E-state index < -0.39 is 0 Å². The van der Waals surface area contributed by atoms with Crippen LogP contribution in [-0.4, -0.2) is 27.1 Å². The van der Waals surface area contributed by atoms with Gasteiger partial charge in [-0.3, -0.25) is 4.79 Å². The summed E-state index contributed by atoms with van der Waals surface area (Å²) in [5.74, 6) is 0.658. The highest BCUT2D eigenvalue weighted by Gasteiger charge is 2.24. The Labute approximate surface area is 155 Å². The molecule has 0 bridgehead atoms. The lowest BCUT2D eigenvalue weighted by Gasteiger charge is -2.24. The van der Waals surface area contributed by atoms with Gasteiger partial charge in [0.05, 0.1) is 0 Å². The quantitative estimate of drug-likeness (QED) is 0.739. The molecule has 1 saturated carbocycles. The van der Waals surface area contributed by atoms with Crippen molar-refractivity contribution in [1.82, 2.24) is 15.2 Å². The molecule has 1 aliphatic rings. The number of anilines is 1. The van der Waals surface area contributed by atoms with E-state index in [0.717, 1.165) is 52.0 Å². The summed E-state index contributed by atoms with van der Waals surface area (Å²) < 4.78 is 0. The number of pyridine rings is 1. The van der Waals surface area contributed by atoms with E-state index >= 15 is 0 Å². The second kappa shape index (κ2) is 7.09. The number of nitrogens with two attached hydrogens (primary N) is 1. The van der Waals surface area contributed by atoms with Gasteiger partial charge in [0, 0.05) is 29.1 Å². The van der Waals surface area contributed by atoms with Crippen LogP contribution in [0.15, 0.2) is 30.5 Å². The number of nitrogens with one attached hydrogen (secondary N) is 1. The molecule has 2 heterocycles. The minimum atomic E-state index is 0.0306. The van der Waals surface area contributed by atoms with Crippen LogP contribution in [-0.2, 0) is 4.79 Å². The molecule has 0 atom stereocenters. The summed E-state index contributed by atoms with van der Waals surface area (Å²) >= 11 is 1.57. The van der Waals surface area contributed by atoms with Crippen molar-refractivity contribution < 1.29 is 4.79 Å². The Morgan fingerprint density at radius 1 is 1.15 bits per heavy atom. The number of rotatable bonds is 3. The second-order valence-electron chi connectivity index (χ2n) is 6.86. The molecule has 3 aromatic rings. The van der Waals surface area contributed by atoms with Gasteiger partial charge < -0.3 is 11.1 Å². The van der Waals surface area contributed by atoms with E-state index in [4.69, 9.17) is 5.73 Å². The van der Waals surface area contributed by atoms with Crippen molar-refractivity contribution in [3.05, 3.63) is 35.5 Å². The van der Waals surface area contributed by atoms with Crippen LogP contribution in [0.2, 0.25) is 0 Å². The normalized spacial score (nSPS) is 20.2. The summed E-state index contributed by atoms with van der Waals surface area (Å²) in [5.41, 5.74) is 6.94. The van der Waals surface area contributed by atoms with E-state index in [2.05, 4.69) is 26.6 Å². The third kappa shape index (κ3) is 3.59. The fraction of sp³-hybridized carbons (Fsp3) is 0.368. The molecule has 0 aliphatic heterocycles. The van der Waals surface area contributed by atoms with Gasteiger partial charge >= 0.3 is 0 Å². The Balaban J connectivity index is 1.55. The number of carbonyl (C=O) groups excluding carboxylic acids is 1. The summed E-state index contributed by atoms with van der Waals surface area (Å²) in [5, 5.41) is 15.1. The van der Waals surface area contributed by atoms with Crippen molar-refractivity contribution in [3.8, 4) is 10.6 Å². The third-order valence-electron chi connectivity index (χ3n) is 4.89. The van der Waals surface area contributed by atoms with Crippen molar-refractivity contribution in [2.24, 2.45) is 11.7 Å². The number of aryl methyl sites for hydroxylation is 1. The SMILES string of the molecule is Cc1nnc(-c2ccc3cnc(NC(=O)[C@H]4CC[C@H](N)CC4)cc3c2)s1. The van der Waals surface area contributed by atoms with Crippen LogP contribution in [0.4, 0.5) is 5.82 Å². The van der Waals surface area contributed by atoms with E-state index in [1.165, 1.54) is 0 Å². The lowest BCUT2D eigenvalue weighted by atomic mass is 9.86. The largest absolute Gasteiger partial charge is 0.328 e. The van der Waals surface area contributed by atoms with Crippen LogP contribution in [0.3, 0.4) is 0 Å². The number of amides is 1. The van der Waals surface area contributed by atoms with Crippen molar-refractivity contribution in [1.29, 1.82) is 0 Å². The Hall–Kier alpha value is -2.38. The van der Waals surface area contributed by atoms with Gasteiger partial charge in [-0.25, -0.2) is 4.98 Å². The minimum Gasteiger partial charge on any atom is -0.328 e. The topological polar surface area (TPSA) is 93.8 Å². The molecule has 1 aromatic carbocycles. The number of nitrogens with zero attached hydrogens (tertiary/aromatic N) is 3. The zero-order valence-corrected chi connectivity index (χ0v) is 15.4. The second-order valence-corrected chi connectivity index (χ2v) is 8.04. The molecule has 0 spiro atoms. The van der Waals surface area contributed by atoms with Gasteiger partial charge in [-0.05, 0) is 50.1 Å². The van der Waals surface area contributed by atoms with Crippen LogP contribution in [0.25, 0.3) is 21.3 Å². The van der Waals surface area contributed by atoms with E-state index in [9.17, 15) is 4.79 Å². The molecule has 0 saturated heterocycles. The number of hydrogen-bond donors (Lipinski definition) is 2. The lowest BCUT2D eigenvalue weighted by Crippen LogP contribution is -2.32. The highest BCUT2D eigenvalue weighted by Crippen LogP contribution is 2.28. The van der Waals surface area contributed by atoms with E-state index in [0.29, 0.717) is 5.82 Å². The third-order valence-corrected chi connectivity index (χ3v) is 5.78. The van der Waals surface area contributed by atoms with Crippen LogP contribution in [0.1, 0.15) is 30.7 Å². The maximum atomic E-state index is 12.5. The summed E-state index contributed by atoms with van der Waals surface area (Å²) in [6, 6.07) is 8.25. The average molecular weight is 367 g/mol. The first-order valence-corrected chi connectivity index (χ1v) is 9.67. The van der Waals surface area contributed by atoms with Gasteiger partial charge in [-0.1, -0.05) is 23.5 Å². The van der Waals surface area contributed by atoms with Crippen LogP contribution >= 0.6 is 11.3 Å². The van der Waals surface area contributed by atoms with Gasteiger partial charge in [-0.15, -0.1) is 10.2 Å². The molecule has 6 nitrogen and oxygen atoms in total. The number of aromatic nitrogens is 3. The molecular weight excluding hydrogens is 346 g/mol. The molecule has 2 aromatic heterocycles. The standard InChI is InChI=1S/C19H21N5OS/c1-11-23-24-19(26-11)13-2-3-14-10-21-17(9-15(14)8-13)22-18(25)12-4-6-16(20)7-5-12/h2-3,8-10,12,16H,4-7,20H2,1H3,(H,21,22,25)/t12-,16-. The van der Waals surface area contributed by atoms with E-state index in [-0.39, 0.29) is 17.9 Å². The zero-order valence-electron chi connectivity index (χ0n) is 14.6. The van der Waals surface area contributed by atoms with Crippen molar-refractivity contribution in [2.45, 2.75) is 38.6 Å². The first kappa shape index (κ1) is 17.1. The molecule has 1 amide bonds. The number of fused-ring (bicyclic) bond motifs is 1. The number of hydrogen-bond acceptors (Lipinski definition) is 6. The molecule has 26 heavy (non-hydrogen) atoms. The summed E-state index contributed by atoms with van der Waals surface area (Å²) in [4.78, 5) is 16.9. The molecular formula is C19H21N5OS. The smallest absolute Gasteiger partial charge is 0.228 e. The summed E-state index contributed by atoms with van der Waals surface area (Å²) in [6.07, 6.45) is 5.31. The minimum absolute atomic E-state index is 0.0306. The predicted octanol–water partition coefficient (Wildman–Crippen LogP) is 3.52. The Kier molecular flexibility index (Phi) is 4.65. The monoisotopic (exact) mass is 367 g/mol. The molecule has 7 heteroatoms. The first-order valence-electron chi connectivity index (χ1n) is 8.85. The first-order chi connectivity index (χ1) is 12.6. The Bertz CT molecular complexity index is 946. The molecule has 0 unspecified atom stereocenters. The fourth-order valence-electron chi connectivity index (χ4n) is 3.37. The lowest BCUT2D eigenvalue weighted by molar-refractivity contribution is -0.120. The molecule has 4 rings (SSSR count). The fourth-order valence-corrected chi connectivity index (χ4v) is 4.05. The Morgan fingerprint density at radius 2 is 1.96 bits per heavy atom. The van der Waals surface area contributed by atoms with Crippen LogP contribution < -0.4 is 11.1 Å². The van der Waals surface area contributed by atoms with Crippen molar-refractivity contribution in [3.63, 3.8) is 0 Å². The maximum Gasteiger partial charge on any atom is 0.228 e. The van der Waals surface area contributed by atoms with Crippen LogP contribution in [0, 0.1) is 12.8 Å². The molecule has 1 aliphatic carbocycles. The van der Waals surface area contributed by atoms with Gasteiger partial charge in [0.25, 0.3) is 0 Å². The highest BCUT2D eigenvalue weighted by molar-refractivity contribution is 7.14. The van der Waals surface area contributed by atoms with Gasteiger partial charge in [-0.2, -0.15) is 0 Å².